The van der Waals surface area contributed by atoms with Crippen molar-refractivity contribution in [2.24, 2.45) is 5.92 Å². The van der Waals surface area contributed by atoms with Crippen molar-refractivity contribution in [3.63, 3.8) is 0 Å². The van der Waals surface area contributed by atoms with E-state index >= 15 is 0 Å². The lowest BCUT2D eigenvalue weighted by molar-refractivity contribution is -0.119. The van der Waals surface area contributed by atoms with Crippen LogP contribution in [-0.4, -0.2) is 19.0 Å². The maximum absolute atomic E-state index is 11.5. The zero-order chi connectivity index (χ0) is 12.3. The third kappa shape index (κ3) is 3.77. The van der Waals surface area contributed by atoms with Gasteiger partial charge < -0.3 is 10.6 Å². The van der Waals surface area contributed by atoms with Crippen LogP contribution in [0.5, 0.6) is 0 Å². The van der Waals surface area contributed by atoms with Crippen molar-refractivity contribution in [3.05, 3.63) is 29.3 Å². The molecule has 0 aliphatic heterocycles. The van der Waals surface area contributed by atoms with E-state index in [1.165, 1.54) is 24.0 Å². The Morgan fingerprint density at radius 1 is 1.29 bits per heavy atom. The van der Waals surface area contributed by atoms with Crippen molar-refractivity contribution in [3.8, 4) is 0 Å². The van der Waals surface area contributed by atoms with Crippen LogP contribution in [0.1, 0.15) is 24.0 Å². The molecule has 0 atom stereocenters. The normalized spacial score (nSPS) is 14.5. The fourth-order valence-electron chi connectivity index (χ4n) is 1.68. The molecule has 1 aliphatic rings. The molecule has 1 aromatic carbocycles. The highest BCUT2D eigenvalue weighted by Gasteiger charge is 2.21. The number of amides is 1. The van der Waals surface area contributed by atoms with Crippen LogP contribution >= 0.6 is 0 Å². The van der Waals surface area contributed by atoms with Crippen molar-refractivity contribution in [1.29, 1.82) is 0 Å². The van der Waals surface area contributed by atoms with E-state index < -0.39 is 0 Å². The van der Waals surface area contributed by atoms with Gasteiger partial charge in [-0.3, -0.25) is 4.79 Å². The van der Waals surface area contributed by atoms with E-state index in [1.54, 1.807) is 0 Å². The number of aryl methyl sites for hydroxylation is 2. The fraction of sp³-hybridized carbons (Fsp3) is 0.500. The van der Waals surface area contributed by atoms with E-state index in [2.05, 4.69) is 36.6 Å². The Morgan fingerprint density at radius 3 is 2.71 bits per heavy atom. The van der Waals surface area contributed by atoms with Gasteiger partial charge in [0.1, 0.15) is 0 Å². The second kappa shape index (κ2) is 5.21. The molecule has 0 heterocycles. The van der Waals surface area contributed by atoms with Gasteiger partial charge in [-0.1, -0.05) is 6.07 Å². The Bertz CT molecular complexity index is 411. The number of hydrogen-bond donors (Lipinski definition) is 2. The summed E-state index contributed by atoms with van der Waals surface area (Å²) in [7, 11) is 0. The van der Waals surface area contributed by atoms with Crippen molar-refractivity contribution in [1.82, 2.24) is 5.32 Å². The second-order valence-electron chi connectivity index (χ2n) is 4.90. The number of nitrogens with one attached hydrogen (secondary N) is 2. The lowest BCUT2D eigenvalue weighted by Crippen LogP contribution is -2.31. The van der Waals surface area contributed by atoms with Crippen LogP contribution in [0.3, 0.4) is 0 Å². The minimum Gasteiger partial charge on any atom is -0.376 e. The number of benzene rings is 1. The summed E-state index contributed by atoms with van der Waals surface area (Å²) in [6, 6.07) is 6.15. The largest absolute Gasteiger partial charge is 0.376 e. The fourth-order valence-corrected chi connectivity index (χ4v) is 1.68. The van der Waals surface area contributed by atoms with Crippen molar-refractivity contribution >= 4 is 11.6 Å². The van der Waals surface area contributed by atoms with E-state index in [1.807, 2.05) is 6.07 Å². The Labute approximate surface area is 103 Å². The molecule has 92 valence electrons. The van der Waals surface area contributed by atoms with Crippen LogP contribution in [0, 0.1) is 19.8 Å². The molecule has 17 heavy (non-hydrogen) atoms. The highest BCUT2D eigenvalue weighted by atomic mass is 16.1. The van der Waals surface area contributed by atoms with Crippen LogP contribution in [0.15, 0.2) is 18.2 Å². The summed E-state index contributed by atoms with van der Waals surface area (Å²) in [4.78, 5) is 11.5. The van der Waals surface area contributed by atoms with E-state index in [9.17, 15) is 4.79 Å². The van der Waals surface area contributed by atoms with Gasteiger partial charge in [0.05, 0.1) is 6.54 Å². The average Bonchev–Trinajstić information content (AvgIpc) is 3.12. The van der Waals surface area contributed by atoms with Crippen molar-refractivity contribution < 1.29 is 4.79 Å². The van der Waals surface area contributed by atoms with Gasteiger partial charge in [-0.05, 0) is 55.9 Å². The Balaban J connectivity index is 1.75. The van der Waals surface area contributed by atoms with E-state index in [4.69, 9.17) is 0 Å². The van der Waals surface area contributed by atoms with E-state index in [-0.39, 0.29) is 5.91 Å². The molecular formula is C14H20N2O. The summed E-state index contributed by atoms with van der Waals surface area (Å²) >= 11 is 0. The summed E-state index contributed by atoms with van der Waals surface area (Å²) in [5.41, 5.74) is 3.52. The first-order valence-electron chi connectivity index (χ1n) is 6.23. The lowest BCUT2D eigenvalue weighted by Gasteiger charge is -2.09. The van der Waals surface area contributed by atoms with Gasteiger partial charge in [0, 0.05) is 12.2 Å². The molecule has 0 radical (unpaired) electrons. The third-order valence-corrected chi connectivity index (χ3v) is 3.24. The zero-order valence-corrected chi connectivity index (χ0v) is 10.5. The van der Waals surface area contributed by atoms with Gasteiger partial charge in [-0.2, -0.15) is 0 Å². The van der Waals surface area contributed by atoms with Gasteiger partial charge in [-0.15, -0.1) is 0 Å². The highest BCUT2D eigenvalue weighted by molar-refractivity contribution is 5.80. The van der Waals surface area contributed by atoms with Gasteiger partial charge in [-0.25, -0.2) is 0 Å². The summed E-state index contributed by atoms with van der Waals surface area (Å²) in [5.74, 6) is 0.815. The summed E-state index contributed by atoms with van der Waals surface area (Å²) in [6.07, 6.45) is 2.54. The molecule has 0 aromatic heterocycles. The molecule has 0 unspecified atom stereocenters. The predicted molar refractivity (Wildman–Crippen MR) is 70.1 cm³/mol. The van der Waals surface area contributed by atoms with Gasteiger partial charge in [0.15, 0.2) is 0 Å². The standard InChI is InChI=1S/C14H20N2O/c1-10-3-6-13(7-11(10)2)15-9-14(17)16-8-12-4-5-12/h3,6-7,12,15H,4-5,8-9H2,1-2H3,(H,16,17). The molecule has 2 N–H and O–H groups in total. The molecule has 0 bridgehead atoms. The number of rotatable bonds is 5. The Hall–Kier alpha value is -1.51. The average molecular weight is 232 g/mol. The van der Waals surface area contributed by atoms with Crippen LogP contribution in [0.2, 0.25) is 0 Å². The number of carbonyl (C=O) groups is 1. The number of hydrogen-bond acceptors (Lipinski definition) is 2. The van der Waals surface area contributed by atoms with Crippen molar-refractivity contribution in [2.45, 2.75) is 26.7 Å². The molecule has 3 nitrogen and oxygen atoms in total. The first-order chi connectivity index (χ1) is 8.15. The molecule has 2 rings (SSSR count). The van der Waals surface area contributed by atoms with Crippen molar-refractivity contribution in [2.75, 3.05) is 18.4 Å². The Kier molecular flexibility index (Phi) is 3.67. The first-order valence-corrected chi connectivity index (χ1v) is 6.23. The smallest absolute Gasteiger partial charge is 0.239 e. The zero-order valence-electron chi connectivity index (χ0n) is 10.5. The third-order valence-electron chi connectivity index (χ3n) is 3.24. The second-order valence-corrected chi connectivity index (χ2v) is 4.90. The molecule has 1 amide bonds. The quantitative estimate of drug-likeness (QED) is 0.817. The molecule has 0 saturated heterocycles. The molecule has 1 saturated carbocycles. The van der Waals surface area contributed by atoms with Gasteiger partial charge in [0.25, 0.3) is 0 Å². The molecule has 1 aromatic rings. The van der Waals surface area contributed by atoms with E-state index in [0.29, 0.717) is 6.54 Å². The molecule has 3 heteroatoms. The van der Waals surface area contributed by atoms with Crippen LogP contribution in [0.25, 0.3) is 0 Å². The number of anilines is 1. The molecule has 0 spiro atoms. The first kappa shape index (κ1) is 12.0. The number of carbonyl (C=O) groups excluding carboxylic acids is 1. The van der Waals surface area contributed by atoms with Gasteiger partial charge >= 0.3 is 0 Å². The van der Waals surface area contributed by atoms with Crippen LogP contribution in [-0.2, 0) is 4.79 Å². The SMILES string of the molecule is Cc1ccc(NCC(=O)NCC2CC2)cc1C. The Morgan fingerprint density at radius 2 is 2.06 bits per heavy atom. The lowest BCUT2D eigenvalue weighted by atomic mass is 10.1. The van der Waals surface area contributed by atoms with Gasteiger partial charge in [0.2, 0.25) is 5.91 Å². The van der Waals surface area contributed by atoms with Crippen LogP contribution in [0.4, 0.5) is 5.69 Å². The molecular weight excluding hydrogens is 212 g/mol. The highest BCUT2D eigenvalue weighted by Crippen LogP contribution is 2.27. The molecule has 1 aliphatic carbocycles. The maximum atomic E-state index is 11.5. The summed E-state index contributed by atoms with van der Waals surface area (Å²) in [6.45, 7) is 5.36. The van der Waals surface area contributed by atoms with Crippen LogP contribution < -0.4 is 10.6 Å². The monoisotopic (exact) mass is 232 g/mol. The predicted octanol–water partition coefficient (Wildman–Crippen LogP) is 2.24. The summed E-state index contributed by atoms with van der Waals surface area (Å²) in [5, 5.41) is 6.08. The summed E-state index contributed by atoms with van der Waals surface area (Å²) < 4.78 is 0. The minimum atomic E-state index is 0.0788. The molecule has 1 fully saturated rings. The minimum absolute atomic E-state index is 0.0788. The maximum Gasteiger partial charge on any atom is 0.239 e. The van der Waals surface area contributed by atoms with E-state index in [0.717, 1.165) is 18.2 Å². The topological polar surface area (TPSA) is 41.1 Å².